The number of imide groups is 2. The van der Waals surface area contributed by atoms with Gasteiger partial charge >= 0.3 is 0 Å². The van der Waals surface area contributed by atoms with Gasteiger partial charge < -0.3 is 19.9 Å². The number of anilines is 1. The normalized spacial score (nSPS) is 28.9. The minimum atomic E-state index is -0.968. The lowest BCUT2D eigenvalue weighted by atomic mass is 9.49. The summed E-state index contributed by atoms with van der Waals surface area (Å²) in [5.74, 6) is -0.534. The summed E-state index contributed by atoms with van der Waals surface area (Å²) in [6, 6.07) is 12.0. The highest BCUT2D eigenvalue weighted by atomic mass is 35.5. The Morgan fingerprint density at radius 1 is 0.912 bits per heavy atom. The molecule has 13 nitrogen and oxygen atoms in total. The summed E-state index contributed by atoms with van der Waals surface area (Å²) < 4.78 is 6.40. The van der Waals surface area contributed by atoms with Gasteiger partial charge in [0, 0.05) is 79.7 Å². The molecular weight excluding hydrogens is 746 g/mol. The Hall–Kier alpha value is -4.51. The van der Waals surface area contributed by atoms with Gasteiger partial charge in [-0.15, -0.1) is 0 Å². The first kappa shape index (κ1) is 39.3. The van der Waals surface area contributed by atoms with Crippen molar-refractivity contribution >= 4 is 46.8 Å². The van der Waals surface area contributed by atoms with E-state index in [-0.39, 0.29) is 53.5 Å². The number of rotatable bonds is 9. The zero-order valence-corrected chi connectivity index (χ0v) is 33.9. The van der Waals surface area contributed by atoms with Crippen LogP contribution in [0.2, 0.25) is 5.02 Å². The van der Waals surface area contributed by atoms with Gasteiger partial charge in [-0.1, -0.05) is 39.3 Å². The molecule has 8 rings (SSSR count). The molecule has 2 aliphatic carbocycles. The topological polar surface area (TPSA) is 155 Å². The molecule has 302 valence electrons. The molecule has 0 spiro atoms. The fourth-order valence-electron chi connectivity index (χ4n) is 10.7. The molecule has 5 amide bonds. The molecule has 14 heteroatoms. The predicted octanol–water partition coefficient (Wildman–Crippen LogP) is 4.22. The molecule has 2 N–H and O–H groups in total. The van der Waals surface area contributed by atoms with Crippen LogP contribution in [0, 0.1) is 34.0 Å². The number of carbonyl (C=O) groups is 5. The summed E-state index contributed by atoms with van der Waals surface area (Å²) >= 11 is 6.26. The molecular formula is C43H52ClN7O6. The van der Waals surface area contributed by atoms with Gasteiger partial charge in [-0.05, 0) is 81.4 Å². The van der Waals surface area contributed by atoms with Crippen LogP contribution in [-0.4, -0.2) is 114 Å². The van der Waals surface area contributed by atoms with Crippen LogP contribution >= 0.6 is 11.6 Å². The molecule has 1 atom stereocenters. The van der Waals surface area contributed by atoms with Gasteiger partial charge in [0.05, 0.1) is 21.7 Å². The molecule has 57 heavy (non-hydrogen) atoms. The van der Waals surface area contributed by atoms with Crippen molar-refractivity contribution in [3.8, 4) is 11.8 Å². The number of ether oxygens (including phenoxy) is 1. The van der Waals surface area contributed by atoms with E-state index < -0.39 is 23.8 Å². The Balaban J connectivity index is 0.756. The van der Waals surface area contributed by atoms with Crippen molar-refractivity contribution in [2.75, 3.05) is 50.7 Å². The van der Waals surface area contributed by atoms with Crippen molar-refractivity contribution in [3.05, 3.63) is 58.1 Å². The van der Waals surface area contributed by atoms with E-state index in [1.807, 2.05) is 6.07 Å². The van der Waals surface area contributed by atoms with Gasteiger partial charge in [-0.3, -0.25) is 39.1 Å². The van der Waals surface area contributed by atoms with E-state index in [1.54, 1.807) is 30.3 Å². The number of likely N-dealkylation sites (tertiary alicyclic amines) is 1. The van der Waals surface area contributed by atoms with Crippen LogP contribution in [0.15, 0.2) is 36.4 Å². The van der Waals surface area contributed by atoms with Crippen molar-refractivity contribution in [3.63, 3.8) is 0 Å². The van der Waals surface area contributed by atoms with Crippen LogP contribution in [0.5, 0.6) is 5.75 Å². The number of hydrogen-bond acceptors (Lipinski definition) is 10. The summed E-state index contributed by atoms with van der Waals surface area (Å²) in [4.78, 5) is 72.4. The molecule has 4 heterocycles. The largest absolute Gasteiger partial charge is 0.489 e. The summed E-state index contributed by atoms with van der Waals surface area (Å²) in [5, 5.41) is 15.2. The summed E-state index contributed by atoms with van der Waals surface area (Å²) in [5.41, 5.74) is 1.34. The number of fused-ring (bicyclic) bond motifs is 1. The van der Waals surface area contributed by atoms with Crippen molar-refractivity contribution in [2.24, 2.45) is 22.7 Å². The first-order valence-corrected chi connectivity index (χ1v) is 20.8. The minimum Gasteiger partial charge on any atom is -0.489 e. The van der Waals surface area contributed by atoms with Crippen LogP contribution in [0.1, 0.15) is 92.5 Å². The van der Waals surface area contributed by atoms with Crippen LogP contribution < -0.4 is 20.3 Å². The third-order valence-corrected chi connectivity index (χ3v) is 14.1. The third-order valence-electron chi connectivity index (χ3n) is 13.8. The van der Waals surface area contributed by atoms with Gasteiger partial charge in [0.15, 0.2) is 0 Å². The number of nitrogens with zero attached hydrogens (tertiary/aromatic N) is 5. The van der Waals surface area contributed by atoms with Crippen molar-refractivity contribution in [1.29, 1.82) is 5.26 Å². The highest BCUT2D eigenvalue weighted by Crippen LogP contribution is 2.56. The number of carbonyl (C=O) groups excluding carboxylic acids is 5. The number of nitrogens with one attached hydrogen (secondary N) is 2. The van der Waals surface area contributed by atoms with E-state index in [0.717, 1.165) is 82.1 Å². The number of hydrogen-bond donors (Lipinski definition) is 2. The van der Waals surface area contributed by atoms with E-state index in [2.05, 4.69) is 59.1 Å². The SMILES string of the molecule is CC1(C)[C@H](NC(=O)C2CC(N3CCC(CN4CCN(c5ccc6c(c5)C(=O)N(C5CCC(=O)NC5=O)C6=O)CC4)CC3)C2)C(C)(C)[C@H]1Oc1ccc(C#N)c(Cl)c1. The monoisotopic (exact) mass is 797 g/mol. The average molecular weight is 798 g/mol. The molecule has 1 unspecified atom stereocenters. The number of amides is 5. The third kappa shape index (κ3) is 7.18. The van der Waals surface area contributed by atoms with Crippen molar-refractivity contribution < 1.29 is 28.7 Å². The molecule has 0 aromatic heterocycles. The van der Waals surface area contributed by atoms with E-state index in [4.69, 9.17) is 16.3 Å². The van der Waals surface area contributed by atoms with Crippen LogP contribution in [0.4, 0.5) is 5.69 Å². The molecule has 5 fully saturated rings. The van der Waals surface area contributed by atoms with E-state index >= 15 is 0 Å². The molecule has 2 aromatic rings. The maximum atomic E-state index is 13.5. The second-order valence-electron chi connectivity index (χ2n) is 18.1. The molecule has 0 bridgehead atoms. The number of piperidine rings is 2. The second-order valence-corrected chi connectivity index (χ2v) is 18.5. The Labute approximate surface area is 339 Å². The lowest BCUT2D eigenvalue weighted by Crippen LogP contribution is -2.75. The van der Waals surface area contributed by atoms with Gasteiger partial charge in [0.25, 0.3) is 11.8 Å². The second kappa shape index (κ2) is 15.0. The van der Waals surface area contributed by atoms with E-state index in [9.17, 15) is 29.2 Å². The molecule has 2 saturated carbocycles. The first-order chi connectivity index (χ1) is 27.1. The standard InChI is InChI=1S/C43H52ClN7O6/c1-42(2)40(43(3,4)41(42)57-30-7-5-26(23-45)33(44)22-30)47-36(53)27-19-29(20-27)49-13-11-25(12-14-49)24-48-15-17-50(18-16-48)28-6-8-31-32(21-28)39(56)51(38(31)55)34-9-10-35(52)46-37(34)54/h5-8,21-22,25,27,29,34,40-41H,9-20,24H2,1-4H3,(H,47,53)(H,46,52,54)/t27?,29?,34?,40-,41-. The quantitative estimate of drug-likeness (QED) is 0.353. The number of halogens is 1. The van der Waals surface area contributed by atoms with E-state index in [0.29, 0.717) is 39.4 Å². The highest BCUT2D eigenvalue weighted by Gasteiger charge is 2.64. The smallest absolute Gasteiger partial charge is 0.262 e. The Morgan fingerprint density at radius 2 is 1.60 bits per heavy atom. The first-order valence-electron chi connectivity index (χ1n) is 20.4. The molecule has 0 radical (unpaired) electrons. The Kier molecular flexibility index (Phi) is 10.4. The summed E-state index contributed by atoms with van der Waals surface area (Å²) in [6.45, 7) is 15.2. The lowest BCUT2D eigenvalue weighted by Gasteiger charge is -2.63. The zero-order chi connectivity index (χ0) is 40.4. The maximum Gasteiger partial charge on any atom is 0.262 e. The van der Waals surface area contributed by atoms with Gasteiger partial charge in [0.1, 0.15) is 24.0 Å². The Morgan fingerprint density at radius 3 is 2.25 bits per heavy atom. The Bertz CT molecular complexity index is 2010. The lowest BCUT2D eigenvalue weighted by molar-refractivity contribution is -0.176. The van der Waals surface area contributed by atoms with Crippen LogP contribution in [0.3, 0.4) is 0 Å². The maximum absolute atomic E-state index is 13.5. The van der Waals surface area contributed by atoms with Crippen LogP contribution in [0.25, 0.3) is 0 Å². The van der Waals surface area contributed by atoms with Crippen molar-refractivity contribution in [1.82, 2.24) is 25.3 Å². The fourth-order valence-corrected chi connectivity index (χ4v) is 10.9. The molecule has 2 aromatic carbocycles. The minimum absolute atomic E-state index is 0.0291. The molecule has 3 saturated heterocycles. The number of piperazine rings is 1. The highest BCUT2D eigenvalue weighted by molar-refractivity contribution is 6.31. The van der Waals surface area contributed by atoms with Crippen LogP contribution in [-0.2, 0) is 14.4 Å². The summed E-state index contributed by atoms with van der Waals surface area (Å²) in [7, 11) is 0. The van der Waals surface area contributed by atoms with E-state index in [1.165, 1.54) is 0 Å². The summed E-state index contributed by atoms with van der Waals surface area (Å²) in [6.07, 6.45) is 4.19. The number of benzene rings is 2. The van der Waals surface area contributed by atoms with Gasteiger partial charge in [-0.25, -0.2) is 0 Å². The van der Waals surface area contributed by atoms with Gasteiger partial charge in [-0.2, -0.15) is 5.26 Å². The van der Waals surface area contributed by atoms with Crippen molar-refractivity contribution in [2.45, 2.75) is 90.4 Å². The average Bonchev–Trinajstić information content (AvgIpc) is 3.41. The zero-order valence-electron chi connectivity index (χ0n) is 33.2. The molecule has 6 aliphatic rings. The molecule has 4 aliphatic heterocycles. The fraction of sp³-hybridized carbons (Fsp3) is 0.581. The number of nitriles is 1. The van der Waals surface area contributed by atoms with Gasteiger partial charge in [0.2, 0.25) is 17.7 Å². The predicted molar refractivity (Wildman–Crippen MR) is 213 cm³/mol.